The molecule has 7 heteroatoms. The van der Waals surface area contributed by atoms with Gasteiger partial charge in [0.15, 0.2) is 0 Å². The largest absolute Gasteiger partial charge is 0.493 e. The van der Waals surface area contributed by atoms with Crippen LogP contribution in [0.1, 0.15) is 108 Å². The third kappa shape index (κ3) is 11.9. The molecule has 2 N–H and O–H groups in total. The molecule has 292 valence electrons. The highest BCUT2D eigenvalue weighted by Gasteiger charge is 2.24. The van der Waals surface area contributed by atoms with Crippen LogP contribution in [0, 0.1) is 11.3 Å². The van der Waals surface area contributed by atoms with E-state index in [4.69, 9.17) is 14.2 Å². The fraction of sp³-hybridized carbons (Fsp3) is 0.489. The minimum Gasteiger partial charge on any atom is -0.493 e. The highest BCUT2D eigenvalue weighted by atomic mass is 16.5. The van der Waals surface area contributed by atoms with E-state index in [9.17, 15) is 19.8 Å². The topological polar surface area (TPSA) is 102 Å². The summed E-state index contributed by atoms with van der Waals surface area (Å²) in [5.74, 6) is 1.39. The Morgan fingerprint density at radius 3 is 1.76 bits per heavy atom. The van der Waals surface area contributed by atoms with Crippen molar-refractivity contribution < 1.29 is 34.0 Å². The van der Waals surface area contributed by atoms with E-state index in [0.29, 0.717) is 55.8 Å². The zero-order chi connectivity index (χ0) is 39.3. The van der Waals surface area contributed by atoms with Gasteiger partial charge in [-0.05, 0) is 134 Å². The van der Waals surface area contributed by atoms with Gasteiger partial charge in [-0.1, -0.05) is 89.2 Å². The first kappa shape index (κ1) is 42.5. The Hall–Kier alpha value is -4.20. The molecule has 3 aromatic rings. The fourth-order valence-electron chi connectivity index (χ4n) is 7.06. The van der Waals surface area contributed by atoms with E-state index in [1.54, 1.807) is 13.8 Å². The molecule has 0 aliphatic heterocycles. The van der Waals surface area contributed by atoms with E-state index in [-0.39, 0.29) is 26.4 Å². The first-order chi connectivity index (χ1) is 25.9. The number of carbonyl (C=O) groups is 2. The van der Waals surface area contributed by atoms with Crippen molar-refractivity contribution in [1.29, 1.82) is 0 Å². The van der Waals surface area contributed by atoms with Gasteiger partial charge in [0.2, 0.25) is 0 Å². The summed E-state index contributed by atoms with van der Waals surface area (Å²) in [6.45, 7) is 17.5. The number of carbonyl (C=O) groups excluding carboxylic acids is 2. The van der Waals surface area contributed by atoms with Crippen molar-refractivity contribution in [1.82, 2.24) is 0 Å². The lowest BCUT2D eigenvalue weighted by Gasteiger charge is -2.26. The van der Waals surface area contributed by atoms with E-state index < -0.39 is 17.4 Å². The summed E-state index contributed by atoms with van der Waals surface area (Å²) in [6.07, 6.45) is 8.82. The first-order valence-corrected chi connectivity index (χ1v) is 19.8. The van der Waals surface area contributed by atoms with Gasteiger partial charge in [-0.25, -0.2) is 9.59 Å². The zero-order valence-electron chi connectivity index (χ0n) is 33.3. The van der Waals surface area contributed by atoms with E-state index in [0.717, 1.165) is 40.3 Å². The minimum atomic E-state index is -0.680. The Labute approximate surface area is 323 Å². The Balaban J connectivity index is 1.68. The summed E-state index contributed by atoms with van der Waals surface area (Å²) >= 11 is 0. The van der Waals surface area contributed by atoms with Crippen molar-refractivity contribution in [2.45, 2.75) is 105 Å². The molecule has 0 bridgehead atoms. The molecule has 1 aliphatic carbocycles. The van der Waals surface area contributed by atoms with Gasteiger partial charge in [0.05, 0.1) is 33.0 Å². The second-order valence-corrected chi connectivity index (χ2v) is 15.7. The molecule has 1 aliphatic rings. The Morgan fingerprint density at radius 1 is 0.741 bits per heavy atom. The molecule has 0 unspecified atom stereocenters. The van der Waals surface area contributed by atoms with Crippen molar-refractivity contribution in [3.8, 4) is 28.0 Å². The summed E-state index contributed by atoms with van der Waals surface area (Å²) in [6, 6.07) is 20.2. The standard InChI is InChI=1S/C47H62O7/c1-8-35-27-39(21-22-43(35)38-19-17-37(18-20-38)36-15-13-34(6)14-16-36)42-28-40(11-9-24-53-45(50)32(2)3)44(52-26-23-47(7,30-48)31-49)41(29-42)12-10-25-54-46(51)33(4)5/h17-22,27-29,34,36,48-49H,2,4,8-16,23-26,30-31H2,1,3,5-7H3. The summed E-state index contributed by atoms with van der Waals surface area (Å²) in [5, 5.41) is 19.8. The molecule has 0 radical (unpaired) electrons. The van der Waals surface area contributed by atoms with E-state index >= 15 is 0 Å². The van der Waals surface area contributed by atoms with Crippen LogP contribution in [0.5, 0.6) is 5.75 Å². The average molecular weight is 739 g/mol. The Kier molecular flexibility index (Phi) is 16.1. The van der Waals surface area contributed by atoms with Crippen LogP contribution in [0.2, 0.25) is 0 Å². The average Bonchev–Trinajstić information content (AvgIpc) is 3.18. The smallest absolute Gasteiger partial charge is 0.333 e. The molecule has 0 spiro atoms. The summed E-state index contributed by atoms with van der Waals surface area (Å²) in [7, 11) is 0. The third-order valence-electron chi connectivity index (χ3n) is 10.8. The Morgan fingerprint density at radius 2 is 1.26 bits per heavy atom. The van der Waals surface area contributed by atoms with Gasteiger partial charge < -0.3 is 24.4 Å². The van der Waals surface area contributed by atoms with Crippen LogP contribution >= 0.6 is 0 Å². The number of rotatable bonds is 20. The Bertz CT molecular complexity index is 1670. The number of benzene rings is 3. The molecule has 0 heterocycles. The van der Waals surface area contributed by atoms with Gasteiger partial charge in [-0.15, -0.1) is 0 Å². The van der Waals surface area contributed by atoms with Crippen molar-refractivity contribution in [2.75, 3.05) is 33.0 Å². The number of aliphatic hydroxyl groups is 2. The number of esters is 2. The molecule has 0 aromatic heterocycles. The molecule has 1 saturated carbocycles. The van der Waals surface area contributed by atoms with Crippen LogP contribution in [0.3, 0.4) is 0 Å². The molecule has 7 nitrogen and oxygen atoms in total. The number of hydrogen-bond acceptors (Lipinski definition) is 7. The number of ether oxygens (including phenoxy) is 3. The van der Waals surface area contributed by atoms with Crippen LogP contribution in [0.4, 0.5) is 0 Å². The van der Waals surface area contributed by atoms with Crippen LogP contribution in [-0.4, -0.2) is 55.2 Å². The highest BCUT2D eigenvalue weighted by molar-refractivity contribution is 5.87. The molecule has 1 fully saturated rings. The molecular formula is C47H62O7. The molecule has 0 amide bonds. The number of aliphatic hydroxyl groups excluding tert-OH is 2. The fourth-order valence-corrected chi connectivity index (χ4v) is 7.06. The highest BCUT2D eigenvalue weighted by Crippen LogP contribution is 2.38. The molecular weight excluding hydrogens is 677 g/mol. The molecule has 4 rings (SSSR count). The van der Waals surface area contributed by atoms with Crippen LogP contribution in [-0.2, 0) is 38.3 Å². The normalized spacial score (nSPS) is 15.8. The summed E-state index contributed by atoms with van der Waals surface area (Å²) < 4.78 is 17.4. The van der Waals surface area contributed by atoms with Crippen molar-refractivity contribution in [3.63, 3.8) is 0 Å². The molecule has 54 heavy (non-hydrogen) atoms. The van der Waals surface area contributed by atoms with Crippen LogP contribution < -0.4 is 4.74 Å². The van der Waals surface area contributed by atoms with Gasteiger partial charge >= 0.3 is 11.9 Å². The van der Waals surface area contributed by atoms with E-state index in [2.05, 4.69) is 81.6 Å². The molecule has 3 aromatic carbocycles. The maximum absolute atomic E-state index is 12.1. The first-order valence-electron chi connectivity index (χ1n) is 19.8. The van der Waals surface area contributed by atoms with E-state index in [1.807, 2.05) is 6.92 Å². The molecule has 0 saturated heterocycles. The van der Waals surface area contributed by atoms with Gasteiger partial charge in [-0.2, -0.15) is 0 Å². The van der Waals surface area contributed by atoms with E-state index in [1.165, 1.54) is 47.9 Å². The zero-order valence-corrected chi connectivity index (χ0v) is 33.3. The summed E-state index contributed by atoms with van der Waals surface area (Å²) in [4.78, 5) is 24.2. The number of aryl methyl sites for hydroxylation is 3. The lowest BCUT2D eigenvalue weighted by Crippen LogP contribution is -2.28. The second kappa shape index (κ2) is 20.5. The lowest BCUT2D eigenvalue weighted by atomic mass is 9.79. The SMILES string of the molecule is C=C(C)C(=O)OCCCc1cc(-c2ccc(-c3ccc(C4CCC(C)CC4)cc3)c(CC)c2)cc(CCCOC(=O)C(=C)C)c1OCCC(C)(CO)CO. The quantitative estimate of drug-likeness (QED) is 0.0676. The maximum atomic E-state index is 12.1. The van der Waals surface area contributed by atoms with Gasteiger partial charge in [0, 0.05) is 16.6 Å². The van der Waals surface area contributed by atoms with Crippen molar-refractivity contribution in [2.24, 2.45) is 11.3 Å². The lowest BCUT2D eigenvalue weighted by molar-refractivity contribution is -0.139. The monoisotopic (exact) mass is 738 g/mol. The predicted molar refractivity (Wildman–Crippen MR) is 218 cm³/mol. The van der Waals surface area contributed by atoms with Gasteiger partial charge in [0.25, 0.3) is 0 Å². The van der Waals surface area contributed by atoms with Crippen molar-refractivity contribution in [3.05, 3.63) is 101 Å². The van der Waals surface area contributed by atoms with Crippen molar-refractivity contribution >= 4 is 11.9 Å². The van der Waals surface area contributed by atoms with Gasteiger partial charge in [-0.3, -0.25) is 0 Å². The predicted octanol–water partition coefficient (Wildman–Crippen LogP) is 9.74. The molecule has 0 atom stereocenters. The summed E-state index contributed by atoms with van der Waals surface area (Å²) in [5.41, 5.74) is 9.29. The van der Waals surface area contributed by atoms with Crippen LogP contribution in [0.15, 0.2) is 78.9 Å². The minimum absolute atomic E-state index is 0.159. The number of hydrogen-bond donors (Lipinski definition) is 2. The third-order valence-corrected chi connectivity index (χ3v) is 10.8. The van der Waals surface area contributed by atoms with Crippen LogP contribution in [0.25, 0.3) is 22.3 Å². The second-order valence-electron chi connectivity index (χ2n) is 15.7. The van der Waals surface area contributed by atoms with Gasteiger partial charge in [0.1, 0.15) is 5.75 Å². The maximum Gasteiger partial charge on any atom is 0.333 e.